The molecule has 0 fully saturated rings. The number of aromatic nitrogens is 3. The van der Waals surface area contributed by atoms with Crippen LogP contribution in [0.2, 0.25) is 0 Å². The predicted octanol–water partition coefficient (Wildman–Crippen LogP) is 1.32. The van der Waals surface area contributed by atoms with Crippen LogP contribution in [0.1, 0.15) is 19.0 Å². The van der Waals surface area contributed by atoms with Crippen molar-refractivity contribution >= 4 is 5.82 Å². The number of anilines is 1. The van der Waals surface area contributed by atoms with Gasteiger partial charge in [-0.3, -0.25) is 4.79 Å². The Labute approximate surface area is 116 Å². The van der Waals surface area contributed by atoms with Gasteiger partial charge in [-0.25, -0.2) is 9.97 Å². The number of aryl methyl sites for hydroxylation is 1. The van der Waals surface area contributed by atoms with Crippen molar-refractivity contribution < 1.29 is 5.11 Å². The normalized spacial score (nSPS) is 12.2. The van der Waals surface area contributed by atoms with E-state index in [4.69, 9.17) is 5.11 Å². The second-order valence-electron chi connectivity index (χ2n) is 4.60. The summed E-state index contributed by atoms with van der Waals surface area (Å²) < 4.78 is 0. The predicted molar refractivity (Wildman–Crippen MR) is 77.6 cm³/mol. The van der Waals surface area contributed by atoms with Crippen molar-refractivity contribution in [3.8, 4) is 11.4 Å². The van der Waals surface area contributed by atoms with Crippen LogP contribution in [-0.4, -0.2) is 32.7 Å². The Kier molecular flexibility index (Phi) is 4.47. The largest absolute Gasteiger partial charge is 0.394 e. The standard InChI is InChI=1S/C14H18N4O2/c1-3-11(8-19)17-12-5-4-10(7-15-12)14-16-9(2)6-13(20)18-14/h4-7,11,19H,3,8H2,1-2H3,(H,15,17)(H,16,18,20). The molecule has 2 aromatic rings. The van der Waals surface area contributed by atoms with Crippen molar-refractivity contribution in [2.75, 3.05) is 11.9 Å². The van der Waals surface area contributed by atoms with Crippen molar-refractivity contribution in [3.63, 3.8) is 0 Å². The van der Waals surface area contributed by atoms with Crippen LogP contribution in [0.5, 0.6) is 0 Å². The molecule has 2 rings (SSSR count). The monoisotopic (exact) mass is 274 g/mol. The third-order valence-electron chi connectivity index (χ3n) is 2.97. The molecule has 0 aromatic carbocycles. The zero-order valence-electron chi connectivity index (χ0n) is 11.6. The summed E-state index contributed by atoms with van der Waals surface area (Å²) in [5.74, 6) is 1.19. The van der Waals surface area contributed by atoms with E-state index in [9.17, 15) is 4.79 Å². The highest BCUT2D eigenvalue weighted by Gasteiger charge is 2.06. The highest BCUT2D eigenvalue weighted by atomic mass is 16.3. The van der Waals surface area contributed by atoms with E-state index in [-0.39, 0.29) is 18.2 Å². The van der Waals surface area contributed by atoms with Crippen LogP contribution in [0.25, 0.3) is 11.4 Å². The third-order valence-corrected chi connectivity index (χ3v) is 2.97. The minimum absolute atomic E-state index is 0.00903. The lowest BCUT2D eigenvalue weighted by atomic mass is 10.2. The number of rotatable bonds is 5. The van der Waals surface area contributed by atoms with E-state index in [0.717, 1.165) is 12.0 Å². The SMILES string of the molecule is CCC(CO)Nc1ccc(-c2nc(C)cc(=O)[nH]2)cn1. The molecule has 2 aromatic heterocycles. The molecule has 3 N–H and O–H groups in total. The van der Waals surface area contributed by atoms with Gasteiger partial charge < -0.3 is 15.4 Å². The maximum Gasteiger partial charge on any atom is 0.251 e. The van der Waals surface area contributed by atoms with Gasteiger partial charge in [-0.1, -0.05) is 6.92 Å². The van der Waals surface area contributed by atoms with Crippen LogP contribution in [-0.2, 0) is 0 Å². The lowest BCUT2D eigenvalue weighted by Crippen LogP contribution is -2.23. The zero-order valence-corrected chi connectivity index (χ0v) is 11.6. The van der Waals surface area contributed by atoms with E-state index < -0.39 is 0 Å². The van der Waals surface area contributed by atoms with Gasteiger partial charge in [0.2, 0.25) is 0 Å². The molecule has 20 heavy (non-hydrogen) atoms. The van der Waals surface area contributed by atoms with Gasteiger partial charge in [0.1, 0.15) is 11.6 Å². The van der Waals surface area contributed by atoms with E-state index in [0.29, 0.717) is 17.3 Å². The molecule has 106 valence electrons. The fraction of sp³-hybridized carbons (Fsp3) is 0.357. The van der Waals surface area contributed by atoms with Gasteiger partial charge in [-0.15, -0.1) is 0 Å². The molecule has 0 aliphatic carbocycles. The molecule has 0 amide bonds. The highest BCUT2D eigenvalue weighted by molar-refractivity contribution is 5.55. The summed E-state index contributed by atoms with van der Waals surface area (Å²) in [6.07, 6.45) is 2.46. The van der Waals surface area contributed by atoms with Crippen LogP contribution in [0, 0.1) is 6.92 Å². The molecule has 0 saturated heterocycles. The van der Waals surface area contributed by atoms with Crippen molar-refractivity contribution in [2.45, 2.75) is 26.3 Å². The molecule has 1 atom stereocenters. The fourth-order valence-corrected chi connectivity index (χ4v) is 1.82. The van der Waals surface area contributed by atoms with E-state index in [1.165, 1.54) is 6.07 Å². The molecule has 0 aliphatic heterocycles. The topological polar surface area (TPSA) is 90.9 Å². The molecule has 1 unspecified atom stereocenters. The van der Waals surface area contributed by atoms with Gasteiger partial charge in [0.05, 0.1) is 12.6 Å². The second kappa shape index (κ2) is 6.29. The zero-order chi connectivity index (χ0) is 14.5. The average molecular weight is 274 g/mol. The van der Waals surface area contributed by atoms with Crippen molar-refractivity contribution in [3.05, 3.63) is 40.4 Å². The molecular formula is C14H18N4O2. The van der Waals surface area contributed by atoms with E-state index >= 15 is 0 Å². The molecule has 0 spiro atoms. The number of aliphatic hydroxyl groups excluding tert-OH is 1. The molecular weight excluding hydrogens is 256 g/mol. The number of hydrogen-bond donors (Lipinski definition) is 3. The molecule has 6 nitrogen and oxygen atoms in total. The molecule has 2 heterocycles. The van der Waals surface area contributed by atoms with E-state index in [1.54, 1.807) is 19.2 Å². The molecule has 0 saturated carbocycles. The minimum Gasteiger partial charge on any atom is -0.394 e. The van der Waals surface area contributed by atoms with Gasteiger partial charge in [0.15, 0.2) is 0 Å². The molecule has 6 heteroatoms. The first-order chi connectivity index (χ1) is 9.62. The quantitative estimate of drug-likeness (QED) is 0.765. The number of aromatic amines is 1. The summed E-state index contributed by atoms with van der Waals surface area (Å²) in [5.41, 5.74) is 1.23. The van der Waals surface area contributed by atoms with E-state index in [1.807, 2.05) is 13.0 Å². The van der Waals surface area contributed by atoms with Gasteiger partial charge in [-0.05, 0) is 25.5 Å². The maximum absolute atomic E-state index is 11.4. The average Bonchev–Trinajstić information content (AvgIpc) is 2.44. The number of nitrogens with zero attached hydrogens (tertiary/aromatic N) is 2. The van der Waals surface area contributed by atoms with Crippen LogP contribution in [0.15, 0.2) is 29.2 Å². The van der Waals surface area contributed by atoms with Gasteiger partial charge in [0.25, 0.3) is 5.56 Å². The Balaban J connectivity index is 2.21. The minimum atomic E-state index is -0.180. The van der Waals surface area contributed by atoms with Crippen molar-refractivity contribution in [1.82, 2.24) is 15.0 Å². The van der Waals surface area contributed by atoms with Gasteiger partial charge in [-0.2, -0.15) is 0 Å². The molecule has 0 aliphatic rings. The Morgan fingerprint density at radius 1 is 1.45 bits per heavy atom. The summed E-state index contributed by atoms with van der Waals surface area (Å²) >= 11 is 0. The van der Waals surface area contributed by atoms with Crippen LogP contribution >= 0.6 is 0 Å². The van der Waals surface area contributed by atoms with Crippen molar-refractivity contribution in [2.24, 2.45) is 0 Å². The smallest absolute Gasteiger partial charge is 0.251 e. The number of hydrogen-bond acceptors (Lipinski definition) is 5. The van der Waals surface area contributed by atoms with Crippen LogP contribution in [0.3, 0.4) is 0 Å². The summed E-state index contributed by atoms with van der Waals surface area (Å²) in [6.45, 7) is 3.82. The first-order valence-electron chi connectivity index (χ1n) is 6.54. The first kappa shape index (κ1) is 14.2. The Morgan fingerprint density at radius 2 is 2.25 bits per heavy atom. The van der Waals surface area contributed by atoms with Gasteiger partial charge in [0, 0.05) is 23.5 Å². The highest BCUT2D eigenvalue weighted by Crippen LogP contribution is 2.15. The lowest BCUT2D eigenvalue weighted by molar-refractivity contribution is 0.271. The summed E-state index contributed by atoms with van der Waals surface area (Å²) in [5, 5.41) is 12.3. The third kappa shape index (κ3) is 3.42. The number of aliphatic hydroxyl groups is 1. The second-order valence-corrected chi connectivity index (χ2v) is 4.60. The van der Waals surface area contributed by atoms with Crippen molar-refractivity contribution in [1.29, 1.82) is 0 Å². The number of pyridine rings is 1. The summed E-state index contributed by atoms with van der Waals surface area (Å²) in [6, 6.07) is 5.07. The molecule has 0 bridgehead atoms. The first-order valence-corrected chi connectivity index (χ1v) is 6.54. The van der Waals surface area contributed by atoms with Crippen LogP contribution < -0.4 is 10.9 Å². The summed E-state index contributed by atoms with van der Waals surface area (Å²) in [7, 11) is 0. The lowest BCUT2D eigenvalue weighted by Gasteiger charge is -2.14. The summed E-state index contributed by atoms with van der Waals surface area (Å²) in [4.78, 5) is 22.6. The Morgan fingerprint density at radius 3 is 2.80 bits per heavy atom. The Bertz CT molecular complexity index is 618. The Hall–Kier alpha value is -2.21. The number of H-pyrrole nitrogens is 1. The maximum atomic E-state index is 11.4. The van der Waals surface area contributed by atoms with E-state index in [2.05, 4.69) is 20.3 Å². The number of nitrogens with one attached hydrogen (secondary N) is 2. The van der Waals surface area contributed by atoms with Gasteiger partial charge >= 0.3 is 0 Å². The van der Waals surface area contributed by atoms with Crippen LogP contribution in [0.4, 0.5) is 5.82 Å². The molecule has 0 radical (unpaired) electrons. The fourth-order valence-electron chi connectivity index (χ4n) is 1.82.